The number of allylic oxidation sites excluding steroid dienone is 16. The zero-order valence-electron chi connectivity index (χ0n) is 42.5. The summed E-state index contributed by atoms with van der Waals surface area (Å²) in [7, 11) is 0. The van der Waals surface area contributed by atoms with E-state index in [0.717, 1.165) is 103 Å². The van der Waals surface area contributed by atoms with Gasteiger partial charge in [0, 0.05) is 19.3 Å². The number of carboxylic acid groups (broad SMARTS) is 1. The summed E-state index contributed by atoms with van der Waals surface area (Å²) in [6.45, 7) is 5.61. The molecule has 3 N–H and O–H groups in total. The highest BCUT2D eigenvalue weighted by atomic mass is 16.7. The van der Waals surface area contributed by atoms with E-state index in [9.17, 15) is 34.5 Å². The molecule has 12 nitrogen and oxygen atoms in total. The fraction of sp³-hybridized carbons (Fsp3) is 0.649. The average molecular weight is 967 g/mol. The summed E-state index contributed by atoms with van der Waals surface area (Å²) in [5, 5.41) is 31.3. The Hall–Kier alpha value is -4.36. The van der Waals surface area contributed by atoms with Crippen molar-refractivity contribution < 1.29 is 58.2 Å². The third kappa shape index (κ3) is 35.4. The molecule has 1 saturated heterocycles. The predicted molar refractivity (Wildman–Crippen MR) is 275 cm³/mol. The van der Waals surface area contributed by atoms with Gasteiger partial charge < -0.3 is 39.0 Å². The smallest absolute Gasteiger partial charge is 0.335 e. The van der Waals surface area contributed by atoms with E-state index in [1.165, 1.54) is 25.7 Å². The molecule has 0 aromatic heterocycles. The highest BCUT2D eigenvalue weighted by Crippen LogP contribution is 2.26. The molecule has 0 spiro atoms. The summed E-state index contributed by atoms with van der Waals surface area (Å²) < 4.78 is 28.2. The molecule has 1 heterocycles. The van der Waals surface area contributed by atoms with Crippen LogP contribution in [-0.2, 0) is 42.9 Å². The van der Waals surface area contributed by atoms with E-state index in [4.69, 9.17) is 23.7 Å². The van der Waals surface area contributed by atoms with Gasteiger partial charge in [-0.1, -0.05) is 163 Å². The van der Waals surface area contributed by atoms with Gasteiger partial charge in [-0.15, -0.1) is 0 Å². The highest BCUT2D eigenvalue weighted by molar-refractivity contribution is 5.74. The minimum Gasteiger partial charge on any atom is -0.479 e. The van der Waals surface area contributed by atoms with Crippen molar-refractivity contribution in [2.45, 2.75) is 225 Å². The Morgan fingerprint density at radius 2 is 0.942 bits per heavy atom. The molecule has 390 valence electrons. The number of carbonyl (C=O) groups excluding carboxylic acids is 3. The number of ether oxygens (including phenoxy) is 5. The van der Waals surface area contributed by atoms with E-state index in [-0.39, 0.29) is 25.9 Å². The van der Waals surface area contributed by atoms with Crippen LogP contribution in [-0.4, -0.2) is 89.2 Å². The number of esters is 3. The van der Waals surface area contributed by atoms with Crippen LogP contribution in [0.5, 0.6) is 0 Å². The summed E-state index contributed by atoms with van der Waals surface area (Å²) in [6.07, 6.45) is 45.6. The maximum atomic E-state index is 13.1. The first-order valence-electron chi connectivity index (χ1n) is 26.2. The van der Waals surface area contributed by atoms with Crippen molar-refractivity contribution in [1.82, 2.24) is 0 Å². The number of carbonyl (C=O) groups is 4. The minimum atomic E-state index is -1.92. The lowest BCUT2D eigenvalue weighted by atomic mass is 9.98. The van der Waals surface area contributed by atoms with Gasteiger partial charge >= 0.3 is 23.9 Å². The van der Waals surface area contributed by atoms with Gasteiger partial charge in [0.25, 0.3) is 0 Å². The number of unbranched alkanes of at least 4 members (excludes halogenated alkanes) is 12. The number of hydrogen-bond donors (Lipinski definition) is 3. The van der Waals surface area contributed by atoms with Gasteiger partial charge in [-0.25, -0.2) is 4.79 Å². The van der Waals surface area contributed by atoms with Crippen LogP contribution >= 0.6 is 0 Å². The molecule has 0 amide bonds. The number of aliphatic carboxylic acids is 1. The van der Waals surface area contributed by atoms with Crippen molar-refractivity contribution in [3.05, 3.63) is 97.2 Å². The number of carboxylic acids is 1. The van der Waals surface area contributed by atoms with Crippen LogP contribution in [0.1, 0.15) is 188 Å². The minimum absolute atomic E-state index is 0.0357. The van der Waals surface area contributed by atoms with E-state index in [2.05, 4.69) is 106 Å². The van der Waals surface area contributed by atoms with Crippen molar-refractivity contribution >= 4 is 23.9 Å². The van der Waals surface area contributed by atoms with E-state index in [1.807, 2.05) is 12.2 Å². The van der Waals surface area contributed by atoms with Crippen molar-refractivity contribution in [3.8, 4) is 0 Å². The Morgan fingerprint density at radius 3 is 1.48 bits per heavy atom. The topological polar surface area (TPSA) is 175 Å². The predicted octanol–water partition coefficient (Wildman–Crippen LogP) is 12.6. The molecule has 6 unspecified atom stereocenters. The molecule has 1 aliphatic rings. The van der Waals surface area contributed by atoms with E-state index in [1.54, 1.807) is 0 Å². The third-order valence-electron chi connectivity index (χ3n) is 11.1. The summed E-state index contributed by atoms with van der Waals surface area (Å²) in [6, 6.07) is 0. The molecular weight excluding hydrogens is 877 g/mol. The van der Waals surface area contributed by atoms with Gasteiger partial charge in [0.15, 0.2) is 24.6 Å². The molecule has 1 rings (SSSR count). The second-order valence-electron chi connectivity index (χ2n) is 17.4. The largest absolute Gasteiger partial charge is 0.479 e. The van der Waals surface area contributed by atoms with Crippen LogP contribution in [0.2, 0.25) is 0 Å². The summed E-state index contributed by atoms with van der Waals surface area (Å²) in [5.74, 6) is -3.30. The standard InChI is InChI=1S/C57H90O12/c1-4-7-10-13-16-19-22-25-28-31-34-37-40-43-49(58)65-46-48(67-50(59)44-41-38-35-32-29-26-23-20-17-14-11-8-5-2)47-66-57-55(53(62)52(61)54(69-57)56(63)64)68-51(60)45-42-39-36-33-30-27-24-21-18-15-12-9-6-3/h7-8,10-11,16-17,19-21,24-26,28-29,34,37,48,52-55,57,61-62H,4-6,9,12-15,18,22-23,27,30-33,35-36,38-47H2,1-3H3,(H,63,64)/b10-7-,11-8-,19-16-,20-17-,24-21-,28-25-,29-26-,37-34-. The SMILES string of the molecule is CC/C=C\C/C=C\C/C=C\C/C=C\CCC(=O)OCC(COC1OC(C(=O)O)C(O)C(O)C1OC(=O)CCCCCCC/C=C\CCCCCC)OC(=O)CCCCC/C=C\C/C=C\C/C=C\CC. The first kappa shape index (κ1) is 62.7. The normalized spacial score (nSPS) is 19.5. The van der Waals surface area contributed by atoms with E-state index in [0.29, 0.717) is 19.3 Å². The van der Waals surface area contributed by atoms with Crippen LogP contribution in [0, 0.1) is 0 Å². The van der Waals surface area contributed by atoms with Gasteiger partial charge in [0.1, 0.15) is 18.8 Å². The Labute approximate surface area is 415 Å². The lowest BCUT2D eigenvalue weighted by Gasteiger charge is -2.40. The van der Waals surface area contributed by atoms with Crippen LogP contribution < -0.4 is 0 Å². The van der Waals surface area contributed by atoms with Gasteiger partial charge in [0.2, 0.25) is 0 Å². The molecule has 0 bridgehead atoms. The van der Waals surface area contributed by atoms with Crippen molar-refractivity contribution in [2.75, 3.05) is 13.2 Å². The zero-order chi connectivity index (χ0) is 50.4. The lowest BCUT2D eigenvalue weighted by molar-refractivity contribution is -0.301. The lowest BCUT2D eigenvalue weighted by Crippen LogP contribution is -2.61. The Morgan fingerprint density at radius 1 is 0.493 bits per heavy atom. The van der Waals surface area contributed by atoms with Crippen molar-refractivity contribution in [1.29, 1.82) is 0 Å². The molecule has 1 aliphatic heterocycles. The maximum Gasteiger partial charge on any atom is 0.335 e. The van der Waals surface area contributed by atoms with Crippen LogP contribution in [0.4, 0.5) is 0 Å². The molecule has 69 heavy (non-hydrogen) atoms. The zero-order valence-corrected chi connectivity index (χ0v) is 42.5. The number of aliphatic hydroxyl groups excluding tert-OH is 2. The molecule has 1 fully saturated rings. The van der Waals surface area contributed by atoms with Crippen LogP contribution in [0.25, 0.3) is 0 Å². The van der Waals surface area contributed by atoms with E-state index < -0.39 is 67.3 Å². The molecule has 0 aliphatic carbocycles. The summed E-state index contributed by atoms with van der Waals surface area (Å²) in [5.41, 5.74) is 0. The second-order valence-corrected chi connectivity index (χ2v) is 17.4. The van der Waals surface area contributed by atoms with Crippen molar-refractivity contribution in [2.24, 2.45) is 0 Å². The number of hydrogen-bond acceptors (Lipinski definition) is 11. The van der Waals surface area contributed by atoms with Gasteiger partial charge in [-0.3, -0.25) is 14.4 Å². The molecule has 6 atom stereocenters. The Balaban J connectivity index is 2.81. The van der Waals surface area contributed by atoms with Gasteiger partial charge in [-0.2, -0.15) is 0 Å². The second kappa shape index (κ2) is 44.8. The third-order valence-corrected chi connectivity index (χ3v) is 11.1. The number of aliphatic hydroxyl groups is 2. The molecule has 12 heteroatoms. The summed E-state index contributed by atoms with van der Waals surface area (Å²) in [4.78, 5) is 50.8. The maximum absolute atomic E-state index is 13.1. The fourth-order valence-corrected chi connectivity index (χ4v) is 7.15. The molecule has 0 aromatic carbocycles. The number of rotatable bonds is 42. The van der Waals surface area contributed by atoms with E-state index >= 15 is 0 Å². The fourth-order valence-electron chi connectivity index (χ4n) is 7.15. The van der Waals surface area contributed by atoms with Crippen molar-refractivity contribution in [3.63, 3.8) is 0 Å². The molecule has 0 radical (unpaired) electrons. The van der Waals surface area contributed by atoms with Crippen LogP contribution in [0.3, 0.4) is 0 Å². The van der Waals surface area contributed by atoms with Crippen LogP contribution in [0.15, 0.2) is 97.2 Å². The average Bonchev–Trinajstić information content (AvgIpc) is 3.33. The molecule has 0 saturated carbocycles. The Bertz CT molecular complexity index is 1570. The quantitative estimate of drug-likeness (QED) is 0.0229. The highest BCUT2D eigenvalue weighted by Gasteiger charge is 2.50. The first-order chi connectivity index (χ1) is 33.6. The summed E-state index contributed by atoms with van der Waals surface area (Å²) >= 11 is 0. The first-order valence-corrected chi connectivity index (χ1v) is 26.2. The molecular formula is C57H90O12. The Kier molecular flexibility index (Phi) is 40.7. The van der Waals surface area contributed by atoms with Gasteiger partial charge in [-0.05, 0) is 103 Å². The monoisotopic (exact) mass is 967 g/mol. The van der Waals surface area contributed by atoms with Gasteiger partial charge in [0.05, 0.1) is 6.61 Å². The molecule has 0 aromatic rings.